The number of non-ortho nitro benzene ring substituents is 1. The van der Waals surface area contributed by atoms with Crippen molar-refractivity contribution in [1.82, 2.24) is 4.98 Å². The number of hydrogen-bond donors (Lipinski definition) is 0. The van der Waals surface area contributed by atoms with E-state index in [0.29, 0.717) is 20.6 Å². The Morgan fingerprint density at radius 2 is 1.97 bits per heavy atom. The summed E-state index contributed by atoms with van der Waals surface area (Å²) >= 11 is 4.68. The Morgan fingerprint density at radius 3 is 2.66 bits per heavy atom. The number of anilines is 1. The van der Waals surface area contributed by atoms with Crippen LogP contribution in [0.15, 0.2) is 56.1 Å². The molecule has 1 unspecified atom stereocenters. The minimum atomic E-state index is -0.901. The van der Waals surface area contributed by atoms with E-state index in [4.69, 9.17) is 4.42 Å². The molecule has 0 saturated carbocycles. The maximum Gasteiger partial charge on any atom is 0.297 e. The number of thiazole rings is 1. The van der Waals surface area contributed by atoms with Crippen LogP contribution in [0.2, 0.25) is 0 Å². The number of nitrogens with zero attached hydrogens (tertiary/aromatic N) is 3. The van der Waals surface area contributed by atoms with Gasteiger partial charge in [-0.1, -0.05) is 28.1 Å². The zero-order valence-corrected chi connectivity index (χ0v) is 19.2. The summed E-state index contributed by atoms with van der Waals surface area (Å²) in [6.45, 7) is 3.72. The molecule has 1 amide bonds. The maximum absolute atomic E-state index is 13.6. The Hall–Kier alpha value is -3.37. The minimum absolute atomic E-state index is 0.0770. The molecule has 160 valence electrons. The van der Waals surface area contributed by atoms with Gasteiger partial charge in [-0.2, -0.15) is 0 Å². The van der Waals surface area contributed by atoms with Crippen molar-refractivity contribution in [1.29, 1.82) is 0 Å². The van der Waals surface area contributed by atoms with E-state index in [-0.39, 0.29) is 28.0 Å². The van der Waals surface area contributed by atoms with Gasteiger partial charge in [0.2, 0.25) is 5.76 Å². The molecule has 32 heavy (non-hydrogen) atoms. The van der Waals surface area contributed by atoms with Gasteiger partial charge in [0.05, 0.1) is 27.6 Å². The van der Waals surface area contributed by atoms with Gasteiger partial charge < -0.3 is 4.42 Å². The molecule has 1 aliphatic rings. The third kappa shape index (κ3) is 3.06. The Morgan fingerprint density at radius 1 is 1.19 bits per heavy atom. The van der Waals surface area contributed by atoms with E-state index in [1.54, 1.807) is 24.3 Å². The quantitative estimate of drug-likeness (QED) is 0.273. The van der Waals surface area contributed by atoms with E-state index in [1.165, 1.54) is 34.4 Å². The number of carbonyl (C=O) groups excluding carboxylic acids is 1. The second-order valence-electron chi connectivity index (χ2n) is 7.38. The van der Waals surface area contributed by atoms with Gasteiger partial charge in [0, 0.05) is 21.5 Å². The topological polar surface area (TPSA) is 107 Å². The van der Waals surface area contributed by atoms with Crippen LogP contribution in [0.5, 0.6) is 0 Å². The van der Waals surface area contributed by atoms with Crippen molar-refractivity contribution in [2.24, 2.45) is 0 Å². The monoisotopic (exact) mass is 511 g/mol. The van der Waals surface area contributed by atoms with Crippen LogP contribution < -0.4 is 10.3 Å². The van der Waals surface area contributed by atoms with Crippen LogP contribution in [0.4, 0.5) is 10.8 Å². The molecule has 0 bridgehead atoms. The third-order valence-electron chi connectivity index (χ3n) is 5.45. The van der Waals surface area contributed by atoms with Gasteiger partial charge in [-0.3, -0.25) is 24.6 Å². The van der Waals surface area contributed by atoms with Crippen LogP contribution in [-0.2, 0) is 0 Å². The Labute approximate surface area is 193 Å². The van der Waals surface area contributed by atoms with Crippen molar-refractivity contribution in [3.63, 3.8) is 0 Å². The first-order valence-electron chi connectivity index (χ1n) is 9.54. The highest BCUT2D eigenvalue weighted by atomic mass is 79.9. The summed E-state index contributed by atoms with van der Waals surface area (Å²) in [5.41, 5.74) is 1.13. The molecule has 8 nitrogen and oxygen atoms in total. The summed E-state index contributed by atoms with van der Waals surface area (Å²) in [5, 5.41) is 12.1. The molecule has 5 rings (SSSR count). The van der Waals surface area contributed by atoms with Crippen molar-refractivity contribution in [2.75, 3.05) is 4.90 Å². The molecule has 1 aliphatic heterocycles. The predicted molar refractivity (Wildman–Crippen MR) is 124 cm³/mol. The number of nitro benzene ring substituents is 1. The molecule has 0 radical (unpaired) electrons. The van der Waals surface area contributed by atoms with Crippen molar-refractivity contribution in [3.05, 3.63) is 94.7 Å². The molecule has 3 heterocycles. The van der Waals surface area contributed by atoms with Crippen LogP contribution in [-0.4, -0.2) is 15.8 Å². The number of benzene rings is 2. The first-order valence-corrected chi connectivity index (χ1v) is 11.2. The fourth-order valence-corrected chi connectivity index (χ4v) is 5.12. The molecule has 0 fully saturated rings. The van der Waals surface area contributed by atoms with Crippen LogP contribution in [0.3, 0.4) is 0 Å². The highest BCUT2D eigenvalue weighted by Crippen LogP contribution is 2.43. The lowest BCUT2D eigenvalue weighted by molar-refractivity contribution is -0.384. The average molecular weight is 512 g/mol. The minimum Gasteiger partial charge on any atom is -0.450 e. The normalized spacial score (nSPS) is 15.4. The molecule has 1 atom stereocenters. The van der Waals surface area contributed by atoms with Gasteiger partial charge in [0.25, 0.3) is 11.6 Å². The number of fused-ring (bicyclic) bond motifs is 2. The number of aryl methyl sites for hydroxylation is 2. The van der Waals surface area contributed by atoms with Crippen molar-refractivity contribution < 1.29 is 14.1 Å². The average Bonchev–Trinajstić information content (AvgIpc) is 3.25. The number of amides is 1. The Bertz CT molecular complexity index is 1490. The first kappa shape index (κ1) is 20.5. The lowest BCUT2D eigenvalue weighted by atomic mass is 9.98. The molecule has 2 aromatic heterocycles. The number of nitro groups is 1. The van der Waals surface area contributed by atoms with E-state index >= 15 is 0 Å². The molecule has 0 saturated heterocycles. The zero-order chi connectivity index (χ0) is 22.7. The van der Waals surface area contributed by atoms with E-state index < -0.39 is 16.9 Å². The molecule has 2 aromatic carbocycles. The molecule has 0 spiro atoms. The first-order chi connectivity index (χ1) is 15.3. The third-order valence-corrected chi connectivity index (χ3v) is 7.02. The van der Waals surface area contributed by atoms with Crippen molar-refractivity contribution in [2.45, 2.75) is 19.9 Å². The van der Waals surface area contributed by atoms with Crippen LogP contribution in [0, 0.1) is 24.0 Å². The number of hydrogen-bond acceptors (Lipinski definition) is 7. The number of rotatable bonds is 3. The number of aromatic nitrogens is 1. The molecular weight excluding hydrogens is 498 g/mol. The summed E-state index contributed by atoms with van der Waals surface area (Å²) in [6.07, 6.45) is 0. The number of halogens is 1. The van der Waals surface area contributed by atoms with E-state index in [2.05, 4.69) is 20.9 Å². The fraction of sp³-hybridized carbons (Fsp3) is 0.136. The summed E-state index contributed by atoms with van der Waals surface area (Å²) in [6, 6.07) is 10.0. The fourth-order valence-electron chi connectivity index (χ4n) is 3.83. The highest BCUT2D eigenvalue weighted by molar-refractivity contribution is 9.10. The summed E-state index contributed by atoms with van der Waals surface area (Å²) in [7, 11) is 0. The van der Waals surface area contributed by atoms with Gasteiger partial charge in [-0.05, 0) is 37.6 Å². The van der Waals surface area contributed by atoms with E-state index in [0.717, 1.165) is 10.6 Å². The molecule has 0 aliphatic carbocycles. The Kier molecular flexibility index (Phi) is 4.72. The van der Waals surface area contributed by atoms with Gasteiger partial charge in [-0.25, -0.2) is 4.98 Å². The predicted octanol–water partition coefficient (Wildman–Crippen LogP) is 5.29. The molecule has 4 aromatic rings. The second kappa shape index (κ2) is 7.35. The molecular formula is C22H14BrN3O5S. The summed E-state index contributed by atoms with van der Waals surface area (Å²) < 4.78 is 6.59. The summed E-state index contributed by atoms with van der Waals surface area (Å²) in [5.74, 6) is -0.584. The van der Waals surface area contributed by atoms with E-state index in [9.17, 15) is 19.7 Å². The molecule has 0 N–H and O–H groups in total. The van der Waals surface area contributed by atoms with Crippen molar-refractivity contribution >= 4 is 55.0 Å². The lowest BCUT2D eigenvalue weighted by Crippen LogP contribution is -2.29. The maximum atomic E-state index is 13.6. The van der Waals surface area contributed by atoms with Crippen LogP contribution in [0.25, 0.3) is 11.0 Å². The lowest BCUT2D eigenvalue weighted by Gasteiger charge is -2.22. The van der Waals surface area contributed by atoms with Crippen LogP contribution in [0.1, 0.15) is 38.3 Å². The summed E-state index contributed by atoms with van der Waals surface area (Å²) in [4.78, 5) is 44.8. The smallest absolute Gasteiger partial charge is 0.297 e. The largest absolute Gasteiger partial charge is 0.450 e. The van der Waals surface area contributed by atoms with Crippen LogP contribution >= 0.6 is 27.3 Å². The van der Waals surface area contributed by atoms with Crippen molar-refractivity contribution in [3.8, 4) is 0 Å². The van der Waals surface area contributed by atoms with Gasteiger partial charge in [0.15, 0.2) is 10.6 Å². The Balaban J connectivity index is 1.83. The van der Waals surface area contributed by atoms with Gasteiger partial charge >= 0.3 is 0 Å². The second-order valence-corrected chi connectivity index (χ2v) is 9.48. The van der Waals surface area contributed by atoms with Gasteiger partial charge in [-0.15, -0.1) is 11.3 Å². The standard InChI is InChI=1S/C22H14BrN3O5S/c1-10-11(2)32-22(24-10)25-18(12-4-3-5-14(8-12)26(29)30)17-19(27)15-9-13(23)6-7-16(15)31-20(17)21(25)28/h3-9,18H,1-2H3. The van der Waals surface area contributed by atoms with Gasteiger partial charge in [0.1, 0.15) is 5.58 Å². The number of carbonyl (C=O) groups is 1. The van der Waals surface area contributed by atoms with E-state index in [1.807, 2.05) is 13.8 Å². The zero-order valence-electron chi connectivity index (χ0n) is 16.8. The SMILES string of the molecule is Cc1nc(N2C(=O)c3oc4ccc(Br)cc4c(=O)c3C2c2cccc([N+](=O)[O-])c2)sc1C. The molecule has 10 heteroatoms. The highest BCUT2D eigenvalue weighted by Gasteiger charge is 2.45.